The number of benzene rings is 3. The van der Waals surface area contributed by atoms with E-state index in [-0.39, 0.29) is 24.5 Å². The first-order chi connectivity index (χ1) is 12.7. The van der Waals surface area contributed by atoms with Gasteiger partial charge in [-0.25, -0.2) is 0 Å². The minimum atomic E-state index is -3.52. The van der Waals surface area contributed by atoms with Crippen molar-refractivity contribution in [2.24, 2.45) is 0 Å². The van der Waals surface area contributed by atoms with Crippen LogP contribution in [0.15, 0.2) is 91.0 Å². The van der Waals surface area contributed by atoms with Crippen LogP contribution in [-0.4, -0.2) is 26.4 Å². The molecule has 0 unspecified atom stereocenters. The SMILES string of the molecule is COC(=O)CP(OC)(c1ccccc1)(c1ccccc1)c1ccccc1.Cl. The van der Waals surface area contributed by atoms with E-state index in [9.17, 15) is 4.79 Å². The normalized spacial score (nSPS) is 12.3. The predicted octanol–water partition coefficient (Wildman–Crippen LogP) is 3.67. The Morgan fingerprint density at radius 2 is 1.04 bits per heavy atom. The molecule has 0 aromatic heterocycles. The molecule has 0 atom stereocenters. The standard InChI is InChI=1S/C22H23O3P.ClH/c1-24-22(23)18-26(25-2,19-12-6-3-7-13-19,20-14-8-4-9-15-20)21-16-10-5-11-17-21;/h3-17H,18H2,1-2H3;1H. The largest absolute Gasteiger partial charge is 0.147 e. The fraction of sp³-hybridized carbons (Fsp3) is 0.136. The summed E-state index contributed by atoms with van der Waals surface area (Å²) in [6.07, 6.45) is 0.149. The van der Waals surface area contributed by atoms with Gasteiger partial charge in [0.25, 0.3) is 0 Å². The van der Waals surface area contributed by atoms with Gasteiger partial charge in [-0.2, -0.15) is 0 Å². The first-order valence-corrected chi connectivity index (χ1v) is 10.8. The molecule has 0 saturated heterocycles. The summed E-state index contributed by atoms with van der Waals surface area (Å²) in [6, 6.07) is 30.1. The van der Waals surface area contributed by atoms with Crippen molar-refractivity contribution in [3.8, 4) is 0 Å². The molecule has 27 heavy (non-hydrogen) atoms. The monoisotopic (exact) mass is 402 g/mol. The molecule has 0 aliphatic carbocycles. The minimum absolute atomic E-state index is 0. The second-order valence-electron chi connectivity index (χ2n) is 6.14. The van der Waals surface area contributed by atoms with Crippen molar-refractivity contribution in [1.82, 2.24) is 0 Å². The summed E-state index contributed by atoms with van der Waals surface area (Å²) in [5, 5.41) is 3.01. The van der Waals surface area contributed by atoms with Crippen LogP contribution in [0.5, 0.6) is 0 Å². The molecule has 0 radical (unpaired) electrons. The molecular weight excluding hydrogens is 379 g/mol. The van der Waals surface area contributed by atoms with Crippen LogP contribution in [0, 0.1) is 0 Å². The van der Waals surface area contributed by atoms with Crippen LogP contribution < -0.4 is 15.9 Å². The average molecular weight is 403 g/mol. The molecule has 0 fully saturated rings. The maximum atomic E-state index is 12.6. The molecule has 0 bridgehead atoms. The maximum Gasteiger partial charge on any atom is -0.147 e. The molecular formula is C22H24ClO3P. The van der Waals surface area contributed by atoms with Crippen molar-refractivity contribution >= 4 is 41.1 Å². The quantitative estimate of drug-likeness (QED) is 0.466. The predicted molar refractivity (Wildman–Crippen MR) is 116 cm³/mol. The number of rotatable bonds is 6. The molecule has 0 amide bonds. The third-order valence-electron chi connectivity index (χ3n) is 4.97. The summed E-state index contributed by atoms with van der Waals surface area (Å²) in [5.74, 6) is -0.291. The van der Waals surface area contributed by atoms with Gasteiger partial charge in [-0.3, -0.25) is 0 Å². The van der Waals surface area contributed by atoms with Crippen LogP contribution in [-0.2, 0) is 14.1 Å². The zero-order valence-corrected chi connectivity index (χ0v) is 17.2. The molecule has 3 aromatic rings. The fourth-order valence-corrected chi connectivity index (χ4v) is 8.88. The Morgan fingerprint density at radius 3 is 1.30 bits per heavy atom. The summed E-state index contributed by atoms with van der Waals surface area (Å²) >= 11 is 0. The van der Waals surface area contributed by atoms with Crippen molar-refractivity contribution in [3.05, 3.63) is 91.0 Å². The summed E-state index contributed by atoms with van der Waals surface area (Å²) in [4.78, 5) is 12.6. The smallest absolute Gasteiger partial charge is 0.147 e. The van der Waals surface area contributed by atoms with Crippen LogP contribution in [0.4, 0.5) is 0 Å². The maximum absolute atomic E-state index is 12.6. The van der Waals surface area contributed by atoms with E-state index in [0.717, 1.165) is 15.9 Å². The van der Waals surface area contributed by atoms with E-state index in [0.29, 0.717) is 0 Å². The van der Waals surface area contributed by atoms with Gasteiger partial charge in [-0.1, -0.05) is 0 Å². The third-order valence-corrected chi connectivity index (χ3v) is 10.8. The molecule has 0 spiro atoms. The van der Waals surface area contributed by atoms with Gasteiger partial charge in [0.15, 0.2) is 0 Å². The fourth-order valence-electron chi connectivity index (χ4n) is 3.64. The number of carbonyl (C=O) groups is 1. The second-order valence-corrected chi connectivity index (χ2v) is 10.8. The van der Waals surface area contributed by atoms with Crippen molar-refractivity contribution in [1.29, 1.82) is 0 Å². The van der Waals surface area contributed by atoms with E-state index >= 15 is 0 Å². The van der Waals surface area contributed by atoms with Crippen molar-refractivity contribution in [2.45, 2.75) is 0 Å². The van der Waals surface area contributed by atoms with Gasteiger partial charge < -0.3 is 0 Å². The van der Waals surface area contributed by atoms with E-state index in [4.69, 9.17) is 9.26 Å². The van der Waals surface area contributed by atoms with Gasteiger partial charge >= 0.3 is 154 Å². The van der Waals surface area contributed by atoms with Crippen LogP contribution in [0.2, 0.25) is 0 Å². The summed E-state index contributed by atoms with van der Waals surface area (Å²) in [6.45, 7) is -3.52. The summed E-state index contributed by atoms with van der Waals surface area (Å²) in [5.41, 5.74) is 0. The van der Waals surface area contributed by atoms with Crippen molar-refractivity contribution in [3.63, 3.8) is 0 Å². The van der Waals surface area contributed by atoms with E-state index in [1.807, 2.05) is 91.0 Å². The van der Waals surface area contributed by atoms with Gasteiger partial charge in [-0.15, -0.1) is 12.4 Å². The molecule has 3 aromatic carbocycles. The van der Waals surface area contributed by atoms with Crippen LogP contribution >= 0.6 is 19.2 Å². The third kappa shape index (κ3) is 3.39. The number of halogens is 1. The molecule has 0 aliphatic rings. The average Bonchev–Trinajstić information content (AvgIpc) is 2.74. The van der Waals surface area contributed by atoms with Crippen LogP contribution in [0.3, 0.4) is 0 Å². The minimum Gasteiger partial charge on any atom is -0.147 e. The number of carbonyl (C=O) groups excluding carboxylic acids is 1. The molecule has 3 nitrogen and oxygen atoms in total. The first kappa shape index (κ1) is 21.1. The Balaban J connectivity index is 0.00000261. The van der Waals surface area contributed by atoms with Gasteiger partial charge in [0.05, 0.1) is 0 Å². The van der Waals surface area contributed by atoms with E-state index in [1.165, 1.54) is 7.11 Å². The number of hydrogen-bond acceptors (Lipinski definition) is 3. The zero-order chi connectivity index (χ0) is 18.5. The topological polar surface area (TPSA) is 35.5 Å². The number of ether oxygens (including phenoxy) is 1. The van der Waals surface area contributed by atoms with Gasteiger partial charge in [0.1, 0.15) is 0 Å². The van der Waals surface area contributed by atoms with E-state index in [2.05, 4.69) is 0 Å². The molecule has 0 heterocycles. The first-order valence-electron chi connectivity index (χ1n) is 8.48. The molecule has 0 aliphatic heterocycles. The molecule has 0 saturated carbocycles. The Bertz CT molecular complexity index is 770. The molecule has 0 N–H and O–H groups in total. The molecule has 5 heteroatoms. The van der Waals surface area contributed by atoms with Crippen LogP contribution in [0.1, 0.15) is 0 Å². The Hall–Kier alpha value is -2.19. The van der Waals surface area contributed by atoms with Crippen LogP contribution in [0.25, 0.3) is 0 Å². The molecule has 142 valence electrons. The Labute approximate surface area is 166 Å². The summed E-state index contributed by atoms with van der Waals surface area (Å²) < 4.78 is 11.6. The van der Waals surface area contributed by atoms with E-state index in [1.54, 1.807) is 7.11 Å². The zero-order valence-electron chi connectivity index (χ0n) is 15.4. The number of hydrogen-bond donors (Lipinski definition) is 0. The van der Waals surface area contributed by atoms with Gasteiger partial charge in [-0.05, 0) is 0 Å². The van der Waals surface area contributed by atoms with Crippen molar-refractivity contribution in [2.75, 3.05) is 20.4 Å². The van der Waals surface area contributed by atoms with Gasteiger partial charge in [0, 0.05) is 0 Å². The Morgan fingerprint density at radius 1 is 0.704 bits per heavy atom. The second kappa shape index (κ2) is 8.67. The number of methoxy groups -OCH3 is 1. The van der Waals surface area contributed by atoms with Gasteiger partial charge in [0.2, 0.25) is 0 Å². The molecule has 3 rings (SSSR count). The number of esters is 1. The summed E-state index contributed by atoms with van der Waals surface area (Å²) in [7, 11) is 3.12. The van der Waals surface area contributed by atoms with E-state index < -0.39 is 6.83 Å². The van der Waals surface area contributed by atoms with Crippen molar-refractivity contribution < 1.29 is 14.1 Å². The Kier molecular flexibility index (Phi) is 6.78.